The van der Waals surface area contributed by atoms with Crippen LogP contribution < -0.4 is 0 Å². The van der Waals surface area contributed by atoms with Gasteiger partial charge in [0.05, 0.1) is 0 Å². The molecular formula is C15H14S. The van der Waals surface area contributed by atoms with E-state index >= 15 is 0 Å². The molecule has 1 aliphatic rings. The van der Waals surface area contributed by atoms with Crippen LogP contribution in [0.3, 0.4) is 0 Å². The van der Waals surface area contributed by atoms with Crippen molar-refractivity contribution in [2.75, 3.05) is 0 Å². The van der Waals surface area contributed by atoms with Crippen LogP contribution in [0.1, 0.15) is 23.8 Å². The zero-order chi connectivity index (χ0) is 11.0. The minimum absolute atomic E-state index is 0.596. The van der Waals surface area contributed by atoms with Gasteiger partial charge in [-0.25, -0.2) is 0 Å². The van der Waals surface area contributed by atoms with Gasteiger partial charge in [-0.3, -0.25) is 0 Å². The van der Waals surface area contributed by atoms with Gasteiger partial charge >= 0.3 is 0 Å². The smallest absolute Gasteiger partial charge is 0.0355 e. The predicted octanol–water partition coefficient (Wildman–Crippen LogP) is 4.97. The lowest BCUT2D eigenvalue weighted by Crippen LogP contribution is -1.85. The molecule has 80 valence electrons. The quantitative estimate of drug-likeness (QED) is 0.644. The van der Waals surface area contributed by atoms with Gasteiger partial charge in [0.25, 0.3) is 0 Å². The van der Waals surface area contributed by atoms with Crippen molar-refractivity contribution >= 4 is 33.6 Å². The fourth-order valence-electron chi connectivity index (χ4n) is 2.15. The van der Waals surface area contributed by atoms with Crippen molar-refractivity contribution in [3.05, 3.63) is 46.9 Å². The third kappa shape index (κ3) is 1.52. The minimum Gasteiger partial charge on any atom is -0.135 e. The van der Waals surface area contributed by atoms with Crippen LogP contribution in [0.5, 0.6) is 0 Å². The largest absolute Gasteiger partial charge is 0.135 e. The van der Waals surface area contributed by atoms with Crippen molar-refractivity contribution in [1.29, 1.82) is 0 Å². The summed E-state index contributed by atoms with van der Waals surface area (Å²) in [7, 11) is 0. The van der Waals surface area contributed by atoms with Crippen LogP contribution in [0.15, 0.2) is 36.4 Å². The highest BCUT2D eigenvalue weighted by Gasteiger charge is 2.10. The van der Waals surface area contributed by atoms with Crippen molar-refractivity contribution < 1.29 is 0 Å². The van der Waals surface area contributed by atoms with Crippen LogP contribution >= 0.6 is 11.3 Å². The summed E-state index contributed by atoms with van der Waals surface area (Å²) in [6.07, 6.45) is 10.4. The first-order valence-corrected chi connectivity index (χ1v) is 6.58. The van der Waals surface area contributed by atoms with Gasteiger partial charge in [0.1, 0.15) is 0 Å². The highest BCUT2D eigenvalue weighted by atomic mass is 32.1. The molecule has 0 spiro atoms. The van der Waals surface area contributed by atoms with Gasteiger partial charge in [0.2, 0.25) is 0 Å². The molecule has 0 nitrogen and oxygen atoms in total. The Morgan fingerprint density at radius 1 is 1.12 bits per heavy atom. The average molecular weight is 226 g/mol. The first-order valence-electron chi connectivity index (χ1n) is 5.76. The number of benzene rings is 1. The number of allylic oxidation sites excluding steroid dienone is 2. The monoisotopic (exact) mass is 226 g/mol. The molecule has 1 aromatic heterocycles. The first kappa shape index (κ1) is 9.86. The summed E-state index contributed by atoms with van der Waals surface area (Å²) in [4.78, 5) is 1.40. The molecule has 0 fully saturated rings. The maximum absolute atomic E-state index is 2.32. The molecule has 1 heteroatoms. The number of rotatable bonds is 1. The molecule has 1 heterocycles. The predicted molar refractivity (Wildman–Crippen MR) is 73.7 cm³/mol. The van der Waals surface area contributed by atoms with E-state index in [9.17, 15) is 0 Å². The van der Waals surface area contributed by atoms with Crippen LogP contribution in [0.4, 0.5) is 0 Å². The molecule has 2 aromatic rings. The summed E-state index contributed by atoms with van der Waals surface area (Å²) in [6, 6.07) is 8.65. The molecule has 3 rings (SSSR count). The van der Waals surface area contributed by atoms with Crippen LogP contribution in [0, 0.1) is 5.92 Å². The van der Waals surface area contributed by atoms with Gasteiger partial charge in [0.15, 0.2) is 0 Å². The summed E-state index contributed by atoms with van der Waals surface area (Å²) in [5.74, 6) is 0.596. The van der Waals surface area contributed by atoms with E-state index in [1.807, 2.05) is 11.3 Å². The SMILES string of the molecule is CCC1C=Cc2sc3ccccc3c2C=C1. The van der Waals surface area contributed by atoms with E-state index in [4.69, 9.17) is 0 Å². The second-order valence-electron chi connectivity index (χ2n) is 4.17. The fraction of sp³-hybridized carbons (Fsp3) is 0.200. The first-order chi connectivity index (χ1) is 7.88. The Balaban J connectivity index is 2.21. The highest BCUT2D eigenvalue weighted by molar-refractivity contribution is 7.20. The fourth-order valence-corrected chi connectivity index (χ4v) is 3.25. The Morgan fingerprint density at radius 3 is 2.81 bits per heavy atom. The van der Waals surface area contributed by atoms with Crippen molar-refractivity contribution in [2.24, 2.45) is 5.92 Å². The van der Waals surface area contributed by atoms with Crippen LogP contribution in [-0.2, 0) is 0 Å². The molecule has 0 radical (unpaired) electrons. The molecule has 1 unspecified atom stereocenters. The molecule has 1 aromatic carbocycles. The third-order valence-corrected chi connectivity index (χ3v) is 4.29. The van der Waals surface area contributed by atoms with E-state index in [2.05, 4.69) is 55.5 Å². The molecule has 0 saturated carbocycles. The maximum Gasteiger partial charge on any atom is 0.0355 e. The molecule has 0 bridgehead atoms. The molecular weight excluding hydrogens is 212 g/mol. The van der Waals surface area contributed by atoms with E-state index in [0.717, 1.165) is 0 Å². The standard InChI is InChI=1S/C15H14S/c1-2-11-7-9-13-12-5-3-4-6-14(12)16-15(13)10-8-11/h3-11H,2H2,1H3. The zero-order valence-electron chi connectivity index (χ0n) is 9.31. The molecule has 1 atom stereocenters. The van der Waals surface area contributed by atoms with E-state index in [1.54, 1.807) is 0 Å². The van der Waals surface area contributed by atoms with Crippen molar-refractivity contribution in [3.8, 4) is 0 Å². The molecule has 0 saturated heterocycles. The molecule has 0 N–H and O–H groups in total. The lowest BCUT2D eigenvalue weighted by atomic mass is 10.1. The van der Waals surface area contributed by atoms with E-state index in [0.29, 0.717) is 5.92 Å². The Kier molecular flexibility index (Phi) is 2.41. The lowest BCUT2D eigenvalue weighted by Gasteiger charge is -1.99. The van der Waals surface area contributed by atoms with Gasteiger partial charge < -0.3 is 0 Å². The molecule has 0 amide bonds. The van der Waals surface area contributed by atoms with Crippen molar-refractivity contribution in [1.82, 2.24) is 0 Å². The summed E-state index contributed by atoms with van der Waals surface area (Å²) in [5.41, 5.74) is 1.40. The normalized spacial score (nSPS) is 18.7. The number of hydrogen-bond donors (Lipinski definition) is 0. The Hall–Kier alpha value is -1.34. The van der Waals surface area contributed by atoms with Gasteiger partial charge in [-0.1, -0.05) is 43.4 Å². The number of fused-ring (bicyclic) bond motifs is 3. The van der Waals surface area contributed by atoms with E-state index < -0.39 is 0 Å². The van der Waals surface area contributed by atoms with Gasteiger partial charge in [-0.15, -0.1) is 11.3 Å². The minimum atomic E-state index is 0.596. The van der Waals surface area contributed by atoms with Gasteiger partial charge in [-0.05, 0) is 30.0 Å². The molecule has 1 aliphatic carbocycles. The summed E-state index contributed by atoms with van der Waals surface area (Å²) in [5, 5.41) is 1.39. The van der Waals surface area contributed by atoms with Crippen LogP contribution in [0.2, 0.25) is 0 Å². The topological polar surface area (TPSA) is 0 Å². The maximum atomic E-state index is 2.32. The Bertz CT molecular complexity index is 572. The number of thiophene rings is 1. The van der Waals surface area contributed by atoms with Crippen molar-refractivity contribution in [2.45, 2.75) is 13.3 Å². The summed E-state index contributed by atoms with van der Waals surface area (Å²) < 4.78 is 1.39. The lowest BCUT2D eigenvalue weighted by molar-refractivity contribution is 0.782. The van der Waals surface area contributed by atoms with Gasteiger partial charge in [0, 0.05) is 15.0 Å². The van der Waals surface area contributed by atoms with Crippen LogP contribution in [-0.4, -0.2) is 0 Å². The highest BCUT2D eigenvalue weighted by Crippen LogP contribution is 2.35. The second-order valence-corrected chi connectivity index (χ2v) is 5.25. The second kappa shape index (κ2) is 3.91. The zero-order valence-corrected chi connectivity index (χ0v) is 10.1. The Morgan fingerprint density at radius 2 is 1.94 bits per heavy atom. The summed E-state index contributed by atoms with van der Waals surface area (Å²) in [6.45, 7) is 2.23. The Labute approximate surface area is 99.9 Å². The van der Waals surface area contributed by atoms with E-state index in [1.165, 1.54) is 26.9 Å². The third-order valence-electron chi connectivity index (χ3n) is 3.14. The van der Waals surface area contributed by atoms with Gasteiger partial charge in [-0.2, -0.15) is 0 Å². The average Bonchev–Trinajstić information content (AvgIpc) is 2.55. The van der Waals surface area contributed by atoms with Crippen LogP contribution in [0.25, 0.3) is 22.2 Å². The van der Waals surface area contributed by atoms with Crippen molar-refractivity contribution in [3.63, 3.8) is 0 Å². The molecule has 0 aliphatic heterocycles. The number of hydrogen-bond acceptors (Lipinski definition) is 1. The summed E-state index contributed by atoms with van der Waals surface area (Å²) >= 11 is 1.89. The van der Waals surface area contributed by atoms with E-state index in [-0.39, 0.29) is 0 Å². The molecule has 16 heavy (non-hydrogen) atoms.